The number of carbonyl (C=O) groups excluding carboxylic acids is 1. The molecule has 1 aromatic carbocycles. The summed E-state index contributed by atoms with van der Waals surface area (Å²) in [5.74, 6) is 1.25. The highest BCUT2D eigenvalue weighted by atomic mass is 32.2. The minimum Gasteiger partial charge on any atom is -0.454 e. The first kappa shape index (κ1) is 15.5. The highest BCUT2D eigenvalue weighted by Gasteiger charge is 2.23. The Bertz CT molecular complexity index is 763. The zero-order valence-corrected chi connectivity index (χ0v) is 14.6. The fourth-order valence-corrected chi connectivity index (χ4v) is 4.11. The summed E-state index contributed by atoms with van der Waals surface area (Å²) in [6, 6.07) is 5.89. The van der Waals surface area contributed by atoms with E-state index in [1.165, 1.54) is 35.9 Å². The Morgan fingerprint density at radius 2 is 2.17 bits per heavy atom. The third-order valence-corrected chi connectivity index (χ3v) is 5.64. The van der Waals surface area contributed by atoms with Gasteiger partial charge in [-0.25, -0.2) is 0 Å². The van der Waals surface area contributed by atoms with Gasteiger partial charge in [0, 0.05) is 17.8 Å². The summed E-state index contributed by atoms with van der Waals surface area (Å²) in [6.45, 7) is 2.07. The van der Waals surface area contributed by atoms with Crippen LogP contribution < -0.4 is 20.1 Å². The minimum atomic E-state index is -0.280. The maximum atomic E-state index is 12.3. The molecule has 2 aliphatic rings. The van der Waals surface area contributed by atoms with Gasteiger partial charge in [-0.3, -0.25) is 4.79 Å². The molecule has 2 aromatic rings. The Hall–Kier alpha value is -2.00. The molecule has 1 aromatic heterocycles. The molecule has 1 amide bonds. The summed E-state index contributed by atoms with van der Waals surface area (Å²) in [7, 11) is 0. The van der Waals surface area contributed by atoms with Crippen molar-refractivity contribution in [1.82, 2.24) is 10.2 Å². The normalized spacial score (nSPS) is 16.7. The van der Waals surface area contributed by atoms with Crippen LogP contribution in [0.4, 0.5) is 10.8 Å². The fraction of sp³-hybridized carbons (Fsp3) is 0.400. The molecule has 1 saturated carbocycles. The zero-order chi connectivity index (χ0) is 16.5. The second-order valence-corrected chi connectivity index (χ2v) is 8.17. The molecule has 0 bridgehead atoms. The van der Waals surface area contributed by atoms with Crippen molar-refractivity contribution in [2.45, 2.75) is 35.4 Å². The lowest BCUT2D eigenvalue weighted by molar-refractivity contribution is -0.115. The molecule has 0 spiro atoms. The van der Waals surface area contributed by atoms with Crippen LogP contribution in [0.15, 0.2) is 22.5 Å². The molecule has 4 rings (SSSR count). The fourth-order valence-electron chi connectivity index (χ4n) is 2.14. The van der Waals surface area contributed by atoms with Crippen LogP contribution in [0.1, 0.15) is 19.8 Å². The molecule has 2 N–H and O–H groups in total. The summed E-state index contributed by atoms with van der Waals surface area (Å²) in [5, 5.41) is 15.0. The number of benzene rings is 1. The van der Waals surface area contributed by atoms with Crippen molar-refractivity contribution in [2.75, 3.05) is 17.4 Å². The molecular formula is C15H16N4O3S2. The van der Waals surface area contributed by atoms with Gasteiger partial charge in [-0.1, -0.05) is 23.1 Å². The van der Waals surface area contributed by atoms with E-state index < -0.39 is 0 Å². The van der Waals surface area contributed by atoms with Gasteiger partial charge in [-0.05, 0) is 31.9 Å². The summed E-state index contributed by atoms with van der Waals surface area (Å²) in [4.78, 5) is 12.3. The largest absolute Gasteiger partial charge is 0.454 e. The highest BCUT2D eigenvalue weighted by Crippen LogP contribution is 2.35. The number of hydrogen-bond donors (Lipinski definition) is 2. The van der Waals surface area contributed by atoms with E-state index in [-0.39, 0.29) is 18.0 Å². The van der Waals surface area contributed by atoms with Crippen molar-refractivity contribution in [1.29, 1.82) is 0 Å². The topological polar surface area (TPSA) is 85.4 Å². The van der Waals surface area contributed by atoms with Crippen LogP contribution in [0.25, 0.3) is 0 Å². The van der Waals surface area contributed by atoms with E-state index in [2.05, 4.69) is 20.8 Å². The van der Waals surface area contributed by atoms with Crippen LogP contribution in [-0.2, 0) is 4.79 Å². The van der Waals surface area contributed by atoms with Gasteiger partial charge in [-0.15, -0.1) is 10.2 Å². The first-order valence-corrected chi connectivity index (χ1v) is 9.34. The quantitative estimate of drug-likeness (QED) is 0.762. The molecule has 24 heavy (non-hydrogen) atoms. The standard InChI is InChI=1S/C15H16N4O3S2/c1-8(23-15-19-18-14(24-15)17-9-2-3-9)13(20)16-10-4-5-11-12(6-10)22-7-21-11/h4-6,8-9H,2-3,7H2,1H3,(H,16,20)(H,17,18)/t8-/m0/s1. The predicted octanol–water partition coefficient (Wildman–Crippen LogP) is 2.96. The number of nitrogens with one attached hydrogen (secondary N) is 2. The Morgan fingerprint density at radius 3 is 3.00 bits per heavy atom. The van der Waals surface area contributed by atoms with Gasteiger partial charge in [0.1, 0.15) is 0 Å². The first-order chi connectivity index (χ1) is 11.7. The average Bonchev–Trinajstić information content (AvgIpc) is 3.07. The van der Waals surface area contributed by atoms with Crippen LogP contribution in [0.3, 0.4) is 0 Å². The average molecular weight is 364 g/mol. The van der Waals surface area contributed by atoms with Gasteiger partial charge < -0.3 is 20.1 Å². The lowest BCUT2D eigenvalue weighted by Gasteiger charge is -2.10. The third kappa shape index (κ3) is 3.57. The van der Waals surface area contributed by atoms with E-state index in [4.69, 9.17) is 9.47 Å². The number of hydrogen-bond acceptors (Lipinski definition) is 8. The van der Waals surface area contributed by atoms with Crippen LogP contribution >= 0.6 is 23.1 Å². The molecule has 2 heterocycles. The maximum Gasteiger partial charge on any atom is 0.237 e. The van der Waals surface area contributed by atoms with Crippen molar-refractivity contribution >= 4 is 39.8 Å². The highest BCUT2D eigenvalue weighted by molar-refractivity contribution is 8.02. The summed E-state index contributed by atoms with van der Waals surface area (Å²) >= 11 is 2.88. The molecule has 9 heteroatoms. The van der Waals surface area contributed by atoms with Gasteiger partial charge in [0.25, 0.3) is 0 Å². The number of rotatable bonds is 6. The molecule has 1 aliphatic carbocycles. The second-order valence-electron chi connectivity index (χ2n) is 5.61. The molecule has 7 nitrogen and oxygen atoms in total. The predicted molar refractivity (Wildman–Crippen MR) is 93.1 cm³/mol. The SMILES string of the molecule is C[C@H](Sc1nnc(NC2CC2)s1)C(=O)Nc1ccc2c(c1)OCO2. The van der Waals surface area contributed by atoms with E-state index in [9.17, 15) is 4.79 Å². The number of amides is 1. The number of carbonyl (C=O) groups is 1. The van der Waals surface area contributed by atoms with Crippen LogP contribution in [0.2, 0.25) is 0 Å². The summed E-state index contributed by atoms with van der Waals surface area (Å²) < 4.78 is 11.4. The Labute approximate surface area is 147 Å². The number of ether oxygens (including phenoxy) is 2. The Morgan fingerprint density at radius 1 is 1.33 bits per heavy atom. The number of fused-ring (bicyclic) bond motifs is 1. The monoisotopic (exact) mass is 364 g/mol. The van der Waals surface area contributed by atoms with Gasteiger partial charge in [0.2, 0.25) is 17.8 Å². The van der Waals surface area contributed by atoms with Gasteiger partial charge in [-0.2, -0.15) is 0 Å². The van der Waals surface area contributed by atoms with Crippen molar-refractivity contribution in [3.05, 3.63) is 18.2 Å². The van der Waals surface area contributed by atoms with Gasteiger partial charge >= 0.3 is 0 Å². The van der Waals surface area contributed by atoms with Crippen LogP contribution in [-0.4, -0.2) is 34.2 Å². The van der Waals surface area contributed by atoms with Crippen LogP contribution in [0, 0.1) is 0 Å². The molecule has 0 unspecified atom stereocenters. The second kappa shape index (κ2) is 6.48. The van der Waals surface area contributed by atoms with E-state index in [1.54, 1.807) is 18.2 Å². The third-order valence-electron chi connectivity index (χ3n) is 3.60. The molecule has 126 valence electrons. The van der Waals surface area contributed by atoms with E-state index in [1.807, 2.05) is 6.92 Å². The van der Waals surface area contributed by atoms with Crippen LogP contribution in [0.5, 0.6) is 11.5 Å². The summed E-state index contributed by atoms with van der Waals surface area (Å²) in [5.41, 5.74) is 0.685. The number of nitrogens with zero attached hydrogens (tertiary/aromatic N) is 2. The summed E-state index contributed by atoms with van der Waals surface area (Å²) in [6.07, 6.45) is 2.38. The maximum absolute atomic E-state index is 12.3. The lowest BCUT2D eigenvalue weighted by atomic mass is 10.2. The number of anilines is 2. The first-order valence-electron chi connectivity index (χ1n) is 7.64. The number of thioether (sulfide) groups is 1. The van der Waals surface area contributed by atoms with E-state index in [0.29, 0.717) is 23.2 Å². The molecule has 1 aliphatic heterocycles. The molecule has 0 radical (unpaired) electrons. The van der Waals surface area contributed by atoms with E-state index in [0.717, 1.165) is 9.47 Å². The van der Waals surface area contributed by atoms with Gasteiger partial charge in [0.15, 0.2) is 15.8 Å². The van der Waals surface area contributed by atoms with Crippen molar-refractivity contribution in [2.24, 2.45) is 0 Å². The molecular weight excluding hydrogens is 348 g/mol. The molecule has 1 atom stereocenters. The smallest absolute Gasteiger partial charge is 0.237 e. The Kier molecular flexibility index (Phi) is 4.19. The Balaban J connectivity index is 1.34. The zero-order valence-electron chi connectivity index (χ0n) is 12.9. The van der Waals surface area contributed by atoms with Crippen molar-refractivity contribution < 1.29 is 14.3 Å². The van der Waals surface area contributed by atoms with Gasteiger partial charge in [0.05, 0.1) is 5.25 Å². The lowest BCUT2D eigenvalue weighted by Crippen LogP contribution is -2.22. The molecule has 0 saturated heterocycles. The van der Waals surface area contributed by atoms with Crippen molar-refractivity contribution in [3.8, 4) is 11.5 Å². The number of aromatic nitrogens is 2. The minimum absolute atomic E-state index is 0.0919. The molecule has 1 fully saturated rings. The van der Waals surface area contributed by atoms with Crippen molar-refractivity contribution in [3.63, 3.8) is 0 Å². The van der Waals surface area contributed by atoms with E-state index >= 15 is 0 Å².